The van der Waals surface area contributed by atoms with Crippen LogP contribution in [-0.4, -0.2) is 31.7 Å². The van der Waals surface area contributed by atoms with Gasteiger partial charge < -0.3 is 19.5 Å². The largest absolute Gasteiger partial charge is 0.494 e. The molecule has 3 rings (SSSR count). The molecule has 37 heavy (non-hydrogen) atoms. The molecule has 0 aliphatic rings. The first-order chi connectivity index (χ1) is 17.8. The first kappa shape index (κ1) is 28.5. The number of benzene rings is 3. The fraction of sp³-hybridized carbons (Fsp3) is 0.192. The molecule has 0 radical (unpaired) electrons. The summed E-state index contributed by atoms with van der Waals surface area (Å²) in [5.74, 6) is 0.710. The number of rotatable bonds is 11. The third kappa shape index (κ3) is 8.80. The zero-order valence-corrected chi connectivity index (χ0v) is 23.7. The summed E-state index contributed by atoms with van der Waals surface area (Å²) in [6.07, 6.45) is 1.07. The minimum atomic E-state index is -0.554. The van der Waals surface area contributed by atoms with Gasteiger partial charge in [-0.05, 0) is 83.6 Å². The molecule has 0 spiro atoms. The predicted octanol–water partition coefficient (Wildman–Crippen LogP) is 6.06. The number of ether oxygens (including phenoxy) is 3. The highest BCUT2D eigenvalue weighted by atomic mass is 127. The summed E-state index contributed by atoms with van der Waals surface area (Å²) in [4.78, 5) is 24.2. The summed E-state index contributed by atoms with van der Waals surface area (Å²) in [7, 11) is 1.53. The highest BCUT2D eigenvalue weighted by molar-refractivity contribution is 14.1. The summed E-state index contributed by atoms with van der Waals surface area (Å²) in [5.41, 5.74) is 4.36. The summed E-state index contributed by atoms with van der Waals surface area (Å²) < 4.78 is 17.5. The molecule has 2 amide bonds. The van der Waals surface area contributed by atoms with Crippen LogP contribution in [0.2, 0.25) is 10.0 Å². The Bertz CT molecular complexity index is 1290. The molecule has 194 valence electrons. The normalized spacial score (nSPS) is 10.7. The van der Waals surface area contributed by atoms with Crippen LogP contribution in [-0.2, 0) is 16.2 Å². The Morgan fingerprint density at radius 1 is 1.03 bits per heavy atom. The van der Waals surface area contributed by atoms with Gasteiger partial charge in [-0.25, -0.2) is 5.43 Å². The number of halogens is 3. The maximum Gasteiger partial charge on any atom is 0.249 e. The van der Waals surface area contributed by atoms with Crippen LogP contribution < -0.4 is 25.0 Å². The molecular formula is C26H24Cl2IN3O5. The monoisotopic (exact) mass is 655 g/mol. The second-order valence-corrected chi connectivity index (χ2v) is 9.54. The van der Waals surface area contributed by atoms with E-state index in [4.69, 9.17) is 37.4 Å². The minimum absolute atomic E-state index is 0.227. The number of hydrazone groups is 1. The zero-order chi connectivity index (χ0) is 26.8. The lowest BCUT2D eigenvalue weighted by atomic mass is 10.2. The first-order valence-corrected chi connectivity index (χ1v) is 12.9. The molecule has 0 fully saturated rings. The molecule has 0 bridgehead atoms. The average molecular weight is 656 g/mol. The molecule has 0 saturated heterocycles. The van der Waals surface area contributed by atoms with Gasteiger partial charge in [0.2, 0.25) is 11.8 Å². The van der Waals surface area contributed by atoms with Crippen molar-refractivity contribution in [1.29, 1.82) is 0 Å². The van der Waals surface area contributed by atoms with Gasteiger partial charge in [0.25, 0.3) is 0 Å². The Morgan fingerprint density at radius 3 is 2.46 bits per heavy atom. The van der Waals surface area contributed by atoms with Crippen molar-refractivity contribution in [3.05, 3.63) is 79.3 Å². The first-order valence-electron chi connectivity index (χ1n) is 11.1. The van der Waals surface area contributed by atoms with Gasteiger partial charge in [-0.3, -0.25) is 9.59 Å². The number of anilines is 1. The average Bonchev–Trinajstić information content (AvgIpc) is 2.85. The van der Waals surface area contributed by atoms with Crippen LogP contribution >= 0.6 is 45.8 Å². The predicted molar refractivity (Wildman–Crippen MR) is 153 cm³/mol. The molecule has 0 unspecified atom stereocenters. The van der Waals surface area contributed by atoms with Gasteiger partial charge in [0.05, 0.1) is 23.5 Å². The molecule has 0 aliphatic carbocycles. The molecule has 3 aromatic rings. The van der Waals surface area contributed by atoms with Gasteiger partial charge in [-0.1, -0.05) is 29.3 Å². The smallest absolute Gasteiger partial charge is 0.249 e. The van der Waals surface area contributed by atoms with E-state index in [9.17, 15) is 9.59 Å². The number of carbonyl (C=O) groups is 2. The van der Waals surface area contributed by atoms with Crippen molar-refractivity contribution in [1.82, 2.24) is 5.43 Å². The second kappa shape index (κ2) is 14.1. The maximum absolute atomic E-state index is 12.1. The van der Waals surface area contributed by atoms with Crippen molar-refractivity contribution in [3.8, 4) is 17.2 Å². The number of nitrogens with zero attached hydrogens (tertiary/aromatic N) is 1. The van der Waals surface area contributed by atoms with Gasteiger partial charge in [-0.15, -0.1) is 0 Å². The number of methoxy groups -OCH3 is 1. The molecular weight excluding hydrogens is 632 g/mol. The summed E-state index contributed by atoms with van der Waals surface area (Å²) >= 11 is 14.3. The number of nitrogens with one attached hydrogen (secondary N) is 2. The number of amides is 2. The molecule has 2 N–H and O–H groups in total. The zero-order valence-electron chi connectivity index (χ0n) is 20.0. The van der Waals surface area contributed by atoms with Crippen LogP contribution in [0.15, 0.2) is 59.7 Å². The van der Waals surface area contributed by atoms with E-state index >= 15 is 0 Å². The SMILES string of the molecule is CCOc1ccc(NC(=O)CC(=O)NN=Cc2cc(I)c(OCc3ccc(Cl)cc3Cl)c(OC)c2)cc1. The van der Waals surface area contributed by atoms with Gasteiger partial charge in [-0.2, -0.15) is 5.10 Å². The van der Waals surface area contributed by atoms with E-state index < -0.39 is 11.8 Å². The topological polar surface area (TPSA) is 98.2 Å². The van der Waals surface area contributed by atoms with Gasteiger partial charge in [0, 0.05) is 21.3 Å². The van der Waals surface area contributed by atoms with Crippen LogP contribution in [0.3, 0.4) is 0 Å². The highest BCUT2D eigenvalue weighted by Crippen LogP contribution is 2.35. The maximum atomic E-state index is 12.1. The van der Waals surface area contributed by atoms with E-state index in [-0.39, 0.29) is 13.0 Å². The van der Waals surface area contributed by atoms with Crippen molar-refractivity contribution >= 4 is 69.5 Å². The third-order valence-electron chi connectivity index (χ3n) is 4.81. The van der Waals surface area contributed by atoms with Crippen LogP contribution in [0, 0.1) is 3.57 Å². The van der Waals surface area contributed by atoms with Crippen molar-refractivity contribution < 1.29 is 23.8 Å². The van der Waals surface area contributed by atoms with Crippen molar-refractivity contribution in [2.45, 2.75) is 20.0 Å². The highest BCUT2D eigenvalue weighted by Gasteiger charge is 2.13. The van der Waals surface area contributed by atoms with Crippen molar-refractivity contribution in [2.24, 2.45) is 5.10 Å². The summed E-state index contributed by atoms with van der Waals surface area (Å²) in [6, 6.07) is 15.6. The minimum Gasteiger partial charge on any atom is -0.494 e. The molecule has 3 aromatic carbocycles. The number of hydrogen-bond acceptors (Lipinski definition) is 6. The van der Waals surface area contributed by atoms with E-state index in [1.807, 2.05) is 13.0 Å². The number of carbonyl (C=O) groups excluding carboxylic acids is 2. The Kier molecular flexibility index (Phi) is 10.8. The lowest BCUT2D eigenvalue weighted by Crippen LogP contribution is -2.24. The van der Waals surface area contributed by atoms with Crippen LogP contribution in [0.25, 0.3) is 0 Å². The standard InChI is InChI=1S/C26H24Cl2IN3O5/c1-3-36-20-8-6-19(7-9-20)31-24(33)13-25(34)32-30-14-16-10-22(29)26(23(11-16)35-2)37-15-17-4-5-18(27)12-21(17)28/h4-12,14H,3,13,15H2,1-2H3,(H,31,33)(H,32,34). The van der Waals surface area contributed by atoms with E-state index in [1.165, 1.54) is 13.3 Å². The fourth-order valence-corrected chi connectivity index (χ4v) is 4.36. The Hall–Kier alpha value is -3.02. The van der Waals surface area contributed by atoms with Crippen molar-refractivity contribution in [3.63, 3.8) is 0 Å². The van der Waals surface area contributed by atoms with Crippen LogP contribution in [0.4, 0.5) is 5.69 Å². The Labute approximate surface area is 238 Å². The molecule has 8 nitrogen and oxygen atoms in total. The Balaban J connectivity index is 1.55. The lowest BCUT2D eigenvalue weighted by molar-refractivity contribution is -0.126. The number of hydrogen-bond donors (Lipinski definition) is 2. The van der Waals surface area contributed by atoms with E-state index in [0.717, 1.165) is 9.13 Å². The van der Waals surface area contributed by atoms with Gasteiger partial charge >= 0.3 is 0 Å². The van der Waals surface area contributed by atoms with E-state index in [2.05, 4.69) is 38.4 Å². The molecule has 0 aromatic heterocycles. The molecule has 0 saturated carbocycles. The molecule has 0 atom stereocenters. The summed E-state index contributed by atoms with van der Waals surface area (Å²) in [6.45, 7) is 2.67. The van der Waals surface area contributed by atoms with Crippen LogP contribution in [0.1, 0.15) is 24.5 Å². The second-order valence-electron chi connectivity index (χ2n) is 7.53. The summed E-state index contributed by atoms with van der Waals surface area (Å²) in [5, 5.41) is 7.65. The Morgan fingerprint density at radius 2 is 1.78 bits per heavy atom. The van der Waals surface area contributed by atoms with E-state index in [0.29, 0.717) is 45.2 Å². The lowest BCUT2D eigenvalue weighted by Gasteiger charge is -2.14. The quantitative estimate of drug-likeness (QED) is 0.113. The van der Waals surface area contributed by atoms with Gasteiger partial charge in [0.15, 0.2) is 11.5 Å². The molecule has 0 heterocycles. The van der Waals surface area contributed by atoms with E-state index in [1.54, 1.807) is 48.5 Å². The fourth-order valence-electron chi connectivity index (χ4n) is 3.11. The van der Waals surface area contributed by atoms with Gasteiger partial charge in [0.1, 0.15) is 18.8 Å². The third-order valence-corrected chi connectivity index (χ3v) is 6.20. The molecule has 0 aliphatic heterocycles. The van der Waals surface area contributed by atoms with Crippen molar-refractivity contribution in [2.75, 3.05) is 19.0 Å². The molecule has 11 heteroatoms. The van der Waals surface area contributed by atoms with Crippen LogP contribution in [0.5, 0.6) is 17.2 Å².